The topological polar surface area (TPSA) is 71.4 Å². The van der Waals surface area contributed by atoms with E-state index in [4.69, 9.17) is 0 Å². The summed E-state index contributed by atoms with van der Waals surface area (Å²) in [7, 11) is 0. The molecule has 2 heterocycles. The van der Waals surface area contributed by atoms with Gasteiger partial charge in [-0.2, -0.15) is 0 Å². The van der Waals surface area contributed by atoms with Crippen LogP contribution in [0.3, 0.4) is 0 Å². The quantitative estimate of drug-likeness (QED) is 0.355. The highest BCUT2D eigenvalue weighted by Crippen LogP contribution is 2.31. The van der Waals surface area contributed by atoms with Crippen LogP contribution in [0, 0.1) is 25.5 Å². The zero-order valence-electron chi connectivity index (χ0n) is 19.7. The summed E-state index contributed by atoms with van der Waals surface area (Å²) in [6, 6.07) is 3.68. The number of imide groups is 1. The van der Waals surface area contributed by atoms with Gasteiger partial charge in [0.2, 0.25) is 0 Å². The Morgan fingerprint density at radius 1 is 1.15 bits per heavy atom. The SMILES string of the molecule is Cc1cc(C(=O)CN2C(=O)NC(C)(c3cc(F)ccc3F)C2=O)c(C)n1CCC1=CCCCC1. The van der Waals surface area contributed by atoms with Crippen molar-refractivity contribution in [3.05, 3.63) is 70.1 Å². The Hall–Kier alpha value is -3.29. The second kappa shape index (κ2) is 9.16. The number of aryl methyl sites for hydroxylation is 1. The molecule has 2 aliphatic rings. The molecule has 180 valence electrons. The van der Waals surface area contributed by atoms with Crippen LogP contribution in [0.2, 0.25) is 0 Å². The third kappa shape index (κ3) is 4.29. The molecule has 1 fully saturated rings. The van der Waals surface area contributed by atoms with E-state index < -0.39 is 35.7 Å². The number of halogens is 2. The van der Waals surface area contributed by atoms with Crippen LogP contribution in [-0.4, -0.2) is 33.7 Å². The number of benzene rings is 1. The standard InChI is InChI=1S/C26H29F2N3O3/c1-16-13-20(17(2)30(16)12-11-18-7-5-4-6-8-18)23(32)15-31-24(33)26(3,29-25(31)34)21-14-19(27)9-10-22(21)28/h7,9-10,13-14H,4-6,8,11-12,15H2,1-3H3,(H,29,34). The summed E-state index contributed by atoms with van der Waals surface area (Å²) < 4.78 is 30.2. The van der Waals surface area contributed by atoms with Crippen molar-refractivity contribution in [2.24, 2.45) is 0 Å². The Morgan fingerprint density at radius 2 is 1.91 bits per heavy atom. The maximum atomic E-state index is 14.4. The number of allylic oxidation sites excluding steroid dienone is 2. The van der Waals surface area contributed by atoms with E-state index >= 15 is 0 Å². The van der Waals surface area contributed by atoms with Gasteiger partial charge in [-0.3, -0.25) is 14.5 Å². The van der Waals surface area contributed by atoms with Gasteiger partial charge >= 0.3 is 6.03 Å². The van der Waals surface area contributed by atoms with Gasteiger partial charge in [-0.15, -0.1) is 0 Å². The third-order valence-corrected chi connectivity index (χ3v) is 6.96. The molecular formula is C26H29F2N3O3. The maximum absolute atomic E-state index is 14.4. The molecule has 34 heavy (non-hydrogen) atoms. The van der Waals surface area contributed by atoms with E-state index in [-0.39, 0.29) is 11.3 Å². The van der Waals surface area contributed by atoms with Crippen LogP contribution in [0.15, 0.2) is 35.9 Å². The lowest BCUT2D eigenvalue weighted by Crippen LogP contribution is -2.42. The fourth-order valence-corrected chi connectivity index (χ4v) is 4.95. The first-order valence-electron chi connectivity index (χ1n) is 11.6. The summed E-state index contributed by atoms with van der Waals surface area (Å²) in [5.74, 6) is -2.73. The average molecular weight is 470 g/mol. The minimum atomic E-state index is -1.80. The summed E-state index contributed by atoms with van der Waals surface area (Å²) in [6.45, 7) is 5.37. The Kier molecular flexibility index (Phi) is 6.43. The number of carbonyl (C=O) groups excluding carboxylic acids is 3. The van der Waals surface area contributed by atoms with Gasteiger partial charge in [0, 0.05) is 29.1 Å². The number of nitrogens with zero attached hydrogens (tertiary/aromatic N) is 2. The first-order valence-corrected chi connectivity index (χ1v) is 11.6. The van der Waals surface area contributed by atoms with Crippen molar-refractivity contribution in [1.29, 1.82) is 0 Å². The molecule has 1 aromatic carbocycles. The smallest absolute Gasteiger partial charge is 0.325 e. The summed E-state index contributed by atoms with van der Waals surface area (Å²) in [6.07, 6.45) is 7.91. The third-order valence-electron chi connectivity index (χ3n) is 6.96. The first kappa shape index (κ1) is 23.9. The molecule has 4 rings (SSSR count). The van der Waals surface area contributed by atoms with Crippen molar-refractivity contribution >= 4 is 17.7 Å². The monoisotopic (exact) mass is 469 g/mol. The minimum absolute atomic E-state index is 0.281. The molecule has 6 nitrogen and oxygen atoms in total. The highest BCUT2D eigenvalue weighted by molar-refractivity contribution is 6.11. The van der Waals surface area contributed by atoms with Crippen LogP contribution in [-0.2, 0) is 16.9 Å². The van der Waals surface area contributed by atoms with Crippen LogP contribution in [0.1, 0.15) is 66.3 Å². The van der Waals surface area contributed by atoms with Crippen molar-refractivity contribution in [3.63, 3.8) is 0 Å². The van der Waals surface area contributed by atoms with Gasteiger partial charge in [-0.1, -0.05) is 11.6 Å². The van der Waals surface area contributed by atoms with Gasteiger partial charge < -0.3 is 9.88 Å². The number of ketones is 1. The van der Waals surface area contributed by atoms with E-state index in [1.54, 1.807) is 6.07 Å². The Bertz CT molecular complexity index is 1200. The van der Waals surface area contributed by atoms with E-state index in [0.29, 0.717) is 5.56 Å². The second-order valence-electron chi connectivity index (χ2n) is 9.29. The Balaban J connectivity index is 1.51. The molecule has 8 heteroatoms. The zero-order chi connectivity index (χ0) is 24.6. The number of rotatable bonds is 7. The van der Waals surface area contributed by atoms with Crippen LogP contribution >= 0.6 is 0 Å². The molecule has 0 spiro atoms. The fourth-order valence-electron chi connectivity index (χ4n) is 4.95. The lowest BCUT2D eigenvalue weighted by atomic mass is 9.91. The van der Waals surface area contributed by atoms with Crippen molar-refractivity contribution in [1.82, 2.24) is 14.8 Å². The molecule has 3 amide bonds. The number of carbonyl (C=O) groups is 3. The van der Waals surface area contributed by atoms with Gasteiger partial charge in [-0.25, -0.2) is 13.6 Å². The molecule has 1 aromatic heterocycles. The van der Waals surface area contributed by atoms with Gasteiger partial charge in [0.15, 0.2) is 5.78 Å². The minimum Gasteiger partial charge on any atom is -0.348 e. The maximum Gasteiger partial charge on any atom is 0.325 e. The van der Waals surface area contributed by atoms with E-state index in [0.717, 1.165) is 60.3 Å². The Morgan fingerprint density at radius 3 is 2.62 bits per heavy atom. The van der Waals surface area contributed by atoms with Crippen molar-refractivity contribution in [2.45, 2.75) is 65.0 Å². The van der Waals surface area contributed by atoms with Crippen LogP contribution in [0.4, 0.5) is 13.6 Å². The van der Waals surface area contributed by atoms with Gasteiger partial charge in [0.1, 0.15) is 17.2 Å². The summed E-state index contributed by atoms with van der Waals surface area (Å²) in [5, 5.41) is 2.43. The summed E-state index contributed by atoms with van der Waals surface area (Å²) in [4.78, 5) is 39.6. The molecule has 2 aromatic rings. The first-order chi connectivity index (χ1) is 16.1. The average Bonchev–Trinajstić information content (AvgIpc) is 3.21. The molecule has 1 saturated heterocycles. The van der Waals surface area contributed by atoms with E-state index in [1.165, 1.54) is 25.3 Å². The predicted molar refractivity (Wildman–Crippen MR) is 123 cm³/mol. The predicted octanol–water partition coefficient (Wildman–Crippen LogP) is 4.92. The highest BCUT2D eigenvalue weighted by atomic mass is 19.1. The molecule has 1 N–H and O–H groups in total. The number of urea groups is 1. The van der Waals surface area contributed by atoms with Crippen molar-refractivity contribution in [3.8, 4) is 0 Å². The van der Waals surface area contributed by atoms with Gasteiger partial charge in [0.05, 0.1) is 6.54 Å². The van der Waals surface area contributed by atoms with Crippen LogP contribution < -0.4 is 5.32 Å². The number of hydrogen-bond donors (Lipinski definition) is 1. The van der Waals surface area contributed by atoms with Crippen LogP contribution in [0.5, 0.6) is 0 Å². The molecular weight excluding hydrogens is 440 g/mol. The molecule has 1 aliphatic carbocycles. The fraction of sp³-hybridized carbons (Fsp3) is 0.423. The van der Waals surface area contributed by atoms with Gasteiger partial charge in [0.25, 0.3) is 5.91 Å². The summed E-state index contributed by atoms with van der Waals surface area (Å²) in [5.41, 5.74) is 1.52. The normalized spacial score (nSPS) is 20.5. The van der Waals surface area contributed by atoms with Crippen LogP contribution in [0.25, 0.3) is 0 Å². The molecule has 0 radical (unpaired) electrons. The lowest BCUT2D eigenvalue weighted by Gasteiger charge is -2.22. The highest BCUT2D eigenvalue weighted by Gasteiger charge is 2.51. The molecule has 1 aliphatic heterocycles. The van der Waals surface area contributed by atoms with Crippen molar-refractivity contribution < 1.29 is 23.2 Å². The molecule has 0 saturated carbocycles. The van der Waals surface area contributed by atoms with Gasteiger partial charge in [-0.05, 0) is 77.1 Å². The number of aromatic nitrogens is 1. The van der Waals surface area contributed by atoms with E-state index in [2.05, 4.69) is 16.0 Å². The van der Waals surface area contributed by atoms with E-state index in [9.17, 15) is 23.2 Å². The molecule has 1 atom stereocenters. The lowest BCUT2D eigenvalue weighted by molar-refractivity contribution is -0.130. The number of amides is 3. The Labute approximate surface area is 197 Å². The molecule has 0 bridgehead atoms. The summed E-state index contributed by atoms with van der Waals surface area (Å²) >= 11 is 0. The zero-order valence-corrected chi connectivity index (χ0v) is 19.7. The number of Topliss-reactive ketones (excluding diaryl/α,β-unsaturated/α-hetero) is 1. The number of hydrogen-bond acceptors (Lipinski definition) is 3. The largest absolute Gasteiger partial charge is 0.348 e. The molecule has 1 unspecified atom stereocenters. The van der Waals surface area contributed by atoms with E-state index in [1.807, 2.05) is 13.8 Å². The number of nitrogens with one attached hydrogen (secondary N) is 1. The second-order valence-corrected chi connectivity index (χ2v) is 9.29. The van der Waals surface area contributed by atoms with Crippen molar-refractivity contribution in [2.75, 3.05) is 6.54 Å².